The molecule has 0 saturated carbocycles. The van der Waals surface area contributed by atoms with Gasteiger partial charge in [-0.3, -0.25) is 4.79 Å². The summed E-state index contributed by atoms with van der Waals surface area (Å²) in [6.45, 7) is 7.22. The number of carbonyl (C=O) groups excluding carboxylic acids is 3. The molecule has 0 aliphatic rings. The Kier molecular flexibility index (Phi) is 8.57. The number of hydrogen-bond donors (Lipinski definition) is 3. The quantitative estimate of drug-likeness (QED) is 0.273. The van der Waals surface area contributed by atoms with E-state index in [1.807, 2.05) is 60.0 Å². The largest absolute Gasteiger partial charge is 0.467 e. The van der Waals surface area contributed by atoms with E-state index in [4.69, 9.17) is 9.47 Å². The number of alkyl carbamates (subject to hydrolysis) is 1. The third-order valence-corrected chi connectivity index (χ3v) is 6.29. The van der Waals surface area contributed by atoms with E-state index in [-0.39, 0.29) is 12.8 Å². The molecule has 4 aromatic rings. The van der Waals surface area contributed by atoms with Crippen molar-refractivity contribution in [1.29, 1.82) is 0 Å². The Morgan fingerprint density at radius 3 is 2.42 bits per heavy atom. The maximum atomic E-state index is 13.6. The molecule has 2 heterocycles. The van der Waals surface area contributed by atoms with E-state index in [9.17, 15) is 14.4 Å². The van der Waals surface area contributed by atoms with Crippen LogP contribution in [0, 0.1) is 6.92 Å². The SMILES string of the molecule is COC(=O)[C@H](Cc1c[nH]c2ccccc12)NC(=O)[C@H](Cc1cn(-c2ccc(C)cc2)cn1)NC(=O)OC(C)(C)C. The summed E-state index contributed by atoms with van der Waals surface area (Å²) < 4.78 is 12.2. The normalized spacial score (nSPS) is 12.9. The Morgan fingerprint density at radius 1 is 1.00 bits per heavy atom. The lowest BCUT2D eigenvalue weighted by Crippen LogP contribution is -2.54. The summed E-state index contributed by atoms with van der Waals surface area (Å²) in [5, 5.41) is 6.36. The second-order valence-electron chi connectivity index (χ2n) is 10.7. The van der Waals surface area contributed by atoms with Gasteiger partial charge in [-0.25, -0.2) is 14.6 Å². The Balaban J connectivity index is 1.55. The van der Waals surface area contributed by atoms with E-state index in [2.05, 4.69) is 20.6 Å². The van der Waals surface area contributed by atoms with E-state index < -0.39 is 35.7 Å². The number of esters is 1. The highest BCUT2D eigenvalue weighted by atomic mass is 16.6. The maximum Gasteiger partial charge on any atom is 0.408 e. The van der Waals surface area contributed by atoms with Crippen molar-refractivity contribution in [2.75, 3.05) is 7.11 Å². The van der Waals surface area contributed by atoms with Crippen molar-refractivity contribution in [2.24, 2.45) is 0 Å². The number of fused-ring (bicyclic) bond motifs is 1. The van der Waals surface area contributed by atoms with E-state index in [1.165, 1.54) is 7.11 Å². The first-order chi connectivity index (χ1) is 19.0. The highest BCUT2D eigenvalue weighted by Gasteiger charge is 2.30. The topological polar surface area (TPSA) is 127 Å². The van der Waals surface area contributed by atoms with Gasteiger partial charge < -0.3 is 29.7 Å². The number of carbonyl (C=O) groups is 3. The third kappa shape index (κ3) is 7.28. The van der Waals surface area contributed by atoms with Gasteiger partial charge in [0, 0.05) is 41.8 Å². The van der Waals surface area contributed by atoms with Gasteiger partial charge in [0.15, 0.2) is 0 Å². The van der Waals surface area contributed by atoms with Crippen molar-refractivity contribution in [3.8, 4) is 5.69 Å². The Labute approximate surface area is 233 Å². The molecule has 10 nitrogen and oxygen atoms in total. The lowest BCUT2D eigenvalue weighted by Gasteiger charge is -2.24. The lowest BCUT2D eigenvalue weighted by atomic mass is 10.0. The maximum absolute atomic E-state index is 13.6. The smallest absolute Gasteiger partial charge is 0.408 e. The zero-order valence-corrected chi connectivity index (χ0v) is 23.4. The number of aromatic amines is 1. The molecule has 4 rings (SSSR count). The van der Waals surface area contributed by atoms with Crippen LogP contribution >= 0.6 is 0 Å². The highest BCUT2D eigenvalue weighted by molar-refractivity contribution is 5.91. The summed E-state index contributed by atoms with van der Waals surface area (Å²) >= 11 is 0. The molecule has 40 heavy (non-hydrogen) atoms. The number of benzene rings is 2. The number of rotatable bonds is 9. The number of H-pyrrole nitrogens is 1. The molecule has 2 amide bonds. The Hall–Kier alpha value is -4.60. The van der Waals surface area contributed by atoms with Gasteiger partial charge in [0.2, 0.25) is 5.91 Å². The summed E-state index contributed by atoms with van der Waals surface area (Å²) in [6.07, 6.45) is 4.77. The molecule has 0 unspecified atom stereocenters. The minimum absolute atomic E-state index is 0.0743. The zero-order chi connectivity index (χ0) is 28.9. The fourth-order valence-electron chi connectivity index (χ4n) is 4.32. The van der Waals surface area contributed by atoms with Crippen LogP contribution in [-0.4, -0.2) is 57.3 Å². The molecule has 10 heteroatoms. The van der Waals surface area contributed by atoms with E-state index in [0.29, 0.717) is 5.69 Å². The van der Waals surface area contributed by atoms with Gasteiger partial charge in [-0.1, -0.05) is 35.9 Å². The third-order valence-electron chi connectivity index (χ3n) is 6.29. The number of aromatic nitrogens is 3. The summed E-state index contributed by atoms with van der Waals surface area (Å²) in [5.41, 5.74) is 3.62. The predicted octanol–water partition coefficient (Wildman–Crippen LogP) is 4.00. The number of nitrogens with one attached hydrogen (secondary N) is 3. The van der Waals surface area contributed by atoms with Crippen LogP contribution in [0.4, 0.5) is 4.79 Å². The van der Waals surface area contributed by atoms with Gasteiger partial charge in [-0.15, -0.1) is 0 Å². The van der Waals surface area contributed by atoms with E-state index in [0.717, 1.165) is 27.7 Å². The number of amides is 2. The summed E-state index contributed by atoms with van der Waals surface area (Å²) in [6, 6.07) is 13.6. The van der Waals surface area contributed by atoms with Crippen LogP contribution in [0.15, 0.2) is 67.3 Å². The first kappa shape index (κ1) is 28.4. The molecule has 210 valence electrons. The van der Waals surface area contributed by atoms with Crippen molar-refractivity contribution in [2.45, 2.75) is 58.2 Å². The molecular formula is C30H35N5O5. The fourth-order valence-corrected chi connectivity index (χ4v) is 4.32. The summed E-state index contributed by atoms with van der Waals surface area (Å²) in [4.78, 5) is 46.5. The molecule has 0 bridgehead atoms. The molecule has 3 N–H and O–H groups in total. The van der Waals surface area contributed by atoms with Gasteiger partial charge in [0.05, 0.1) is 19.1 Å². The zero-order valence-electron chi connectivity index (χ0n) is 23.4. The minimum Gasteiger partial charge on any atom is -0.467 e. The van der Waals surface area contributed by atoms with Gasteiger partial charge in [0.1, 0.15) is 17.7 Å². The van der Waals surface area contributed by atoms with Crippen LogP contribution in [0.25, 0.3) is 16.6 Å². The minimum atomic E-state index is -1.06. The number of aryl methyl sites for hydroxylation is 1. The van der Waals surface area contributed by atoms with Crippen molar-refractivity contribution in [1.82, 2.24) is 25.2 Å². The molecule has 0 aliphatic carbocycles. The number of para-hydroxylation sites is 1. The number of methoxy groups -OCH3 is 1. The molecule has 0 saturated heterocycles. The lowest BCUT2D eigenvalue weighted by molar-refractivity contribution is -0.145. The van der Waals surface area contributed by atoms with E-state index in [1.54, 1.807) is 39.5 Å². The second kappa shape index (κ2) is 12.1. The number of hydrogen-bond acceptors (Lipinski definition) is 6. The molecule has 0 radical (unpaired) electrons. The Morgan fingerprint density at radius 2 is 1.73 bits per heavy atom. The monoisotopic (exact) mass is 545 g/mol. The van der Waals surface area contributed by atoms with Gasteiger partial charge >= 0.3 is 12.1 Å². The van der Waals surface area contributed by atoms with Crippen molar-refractivity contribution in [3.63, 3.8) is 0 Å². The molecular weight excluding hydrogens is 510 g/mol. The summed E-state index contributed by atoms with van der Waals surface area (Å²) in [5.74, 6) is -1.16. The van der Waals surface area contributed by atoms with Crippen LogP contribution in [0.2, 0.25) is 0 Å². The van der Waals surface area contributed by atoms with Crippen LogP contribution in [0.5, 0.6) is 0 Å². The number of nitrogens with zero attached hydrogens (tertiary/aromatic N) is 2. The predicted molar refractivity (Wildman–Crippen MR) is 151 cm³/mol. The van der Waals surface area contributed by atoms with Gasteiger partial charge in [-0.05, 0) is 51.5 Å². The van der Waals surface area contributed by atoms with Crippen LogP contribution in [0.1, 0.15) is 37.6 Å². The second-order valence-corrected chi connectivity index (χ2v) is 10.7. The molecule has 2 aromatic carbocycles. The summed E-state index contributed by atoms with van der Waals surface area (Å²) in [7, 11) is 1.27. The average Bonchev–Trinajstić information content (AvgIpc) is 3.54. The van der Waals surface area contributed by atoms with Gasteiger partial charge in [0.25, 0.3) is 0 Å². The highest BCUT2D eigenvalue weighted by Crippen LogP contribution is 2.20. The first-order valence-electron chi connectivity index (χ1n) is 13.0. The fraction of sp³-hybridized carbons (Fsp3) is 0.333. The molecule has 0 spiro atoms. The van der Waals surface area contributed by atoms with Crippen molar-refractivity contribution < 1.29 is 23.9 Å². The van der Waals surface area contributed by atoms with Crippen LogP contribution in [-0.2, 0) is 31.9 Å². The van der Waals surface area contributed by atoms with Crippen molar-refractivity contribution in [3.05, 3.63) is 84.1 Å². The average molecular weight is 546 g/mol. The van der Waals surface area contributed by atoms with E-state index >= 15 is 0 Å². The molecule has 0 fully saturated rings. The standard InChI is InChI=1S/C30H35N5O5/c1-19-10-12-22(13-11-19)35-17-21(32-18-35)15-25(34-29(38)40-30(2,3)4)27(36)33-26(28(37)39-5)14-20-16-31-24-9-7-6-8-23(20)24/h6-13,16-18,25-26,31H,14-15H2,1-5H3,(H,33,36)(H,34,38)/t25-,26-/m0/s1. The molecule has 2 atom stereocenters. The van der Waals surface area contributed by atoms with Crippen LogP contribution < -0.4 is 10.6 Å². The van der Waals surface area contributed by atoms with Crippen LogP contribution in [0.3, 0.4) is 0 Å². The number of imidazole rings is 1. The van der Waals surface area contributed by atoms with Crippen molar-refractivity contribution >= 4 is 28.9 Å². The Bertz CT molecular complexity index is 1480. The molecule has 0 aliphatic heterocycles. The molecule has 2 aromatic heterocycles. The van der Waals surface area contributed by atoms with Gasteiger partial charge in [-0.2, -0.15) is 0 Å². The number of ether oxygens (including phenoxy) is 2. The first-order valence-corrected chi connectivity index (χ1v) is 13.0.